The Labute approximate surface area is 55.0 Å². The van der Waals surface area contributed by atoms with E-state index in [1.54, 1.807) is 18.2 Å². The van der Waals surface area contributed by atoms with Crippen molar-refractivity contribution in [3.63, 3.8) is 0 Å². The predicted molar refractivity (Wildman–Crippen MR) is 38.8 cm³/mol. The maximum absolute atomic E-state index is 8.32. The van der Waals surface area contributed by atoms with Gasteiger partial charge in [0.2, 0.25) is 0 Å². The van der Waals surface area contributed by atoms with Crippen molar-refractivity contribution in [2.75, 3.05) is 6.61 Å². The van der Waals surface area contributed by atoms with E-state index in [4.69, 9.17) is 10.5 Å². The minimum absolute atomic E-state index is 0.0329. The fourth-order valence-electron chi connectivity index (χ4n) is 0.416. The standard InChI is InChI=1S/C7H11NO/c1-2-7(6-8)4-3-5-9/h2-4,6,8-9H,5H2,1H3/b4-3-,7-2+,8-6?. The number of rotatable bonds is 3. The highest BCUT2D eigenvalue weighted by molar-refractivity contribution is 5.79. The van der Waals surface area contributed by atoms with E-state index >= 15 is 0 Å². The lowest BCUT2D eigenvalue weighted by Crippen LogP contribution is -1.77. The lowest BCUT2D eigenvalue weighted by atomic mass is 10.2. The molecule has 0 atom stereocenters. The number of nitrogens with one attached hydrogen (secondary N) is 1. The smallest absolute Gasteiger partial charge is 0.0615 e. The topological polar surface area (TPSA) is 44.1 Å². The predicted octanol–water partition coefficient (Wildman–Crippen LogP) is 1.13. The molecule has 2 nitrogen and oxygen atoms in total. The van der Waals surface area contributed by atoms with Crippen LogP contribution >= 0.6 is 0 Å². The Kier molecular flexibility index (Phi) is 4.73. The van der Waals surface area contributed by atoms with Gasteiger partial charge in [-0.15, -0.1) is 0 Å². The molecule has 0 radical (unpaired) electrons. The molecule has 0 fully saturated rings. The summed E-state index contributed by atoms with van der Waals surface area (Å²) in [6.07, 6.45) is 6.35. The summed E-state index contributed by atoms with van der Waals surface area (Å²) in [5.74, 6) is 0. The Morgan fingerprint density at radius 1 is 1.67 bits per heavy atom. The summed E-state index contributed by atoms with van der Waals surface area (Å²) in [7, 11) is 0. The summed E-state index contributed by atoms with van der Waals surface area (Å²) in [6, 6.07) is 0. The van der Waals surface area contributed by atoms with E-state index in [-0.39, 0.29) is 6.61 Å². The SMILES string of the molecule is C/C=C(C=N)\C=C/CO. The zero-order valence-electron chi connectivity index (χ0n) is 5.46. The van der Waals surface area contributed by atoms with E-state index in [0.717, 1.165) is 5.57 Å². The molecule has 0 aliphatic heterocycles. The van der Waals surface area contributed by atoms with Crippen molar-refractivity contribution in [1.29, 1.82) is 5.41 Å². The molecule has 0 bridgehead atoms. The Bertz CT molecular complexity index is 136. The van der Waals surface area contributed by atoms with E-state index < -0.39 is 0 Å². The van der Waals surface area contributed by atoms with Crippen molar-refractivity contribution in [3.05, 3.63) is 23.8 Å². The first-order valence-corrected chi connectivity index (χ1v) is 2.79. The van der Waals surface area contributed by atoms with E-state index in [2.05, 4.69) is 0 Å². The van der Waals surface area contributed by atoms with Gasteiger partial charge >= 0.3 is 0 Å². The fourth-order valence-corrected chi connectivity index (χ4v) is 0.416. The fraction of sp³-hybridized carbons (Fsp3) is 0.286. The molecule has 0 aliphatic rings. The largest absolute Gasteiger partial charge is 0.392 e. The molecular weight excluding hydrogens is 114 g/mol. The summed E-state index contributed by atoms with van der Waals surface area (Å²) >= 11 is 0. The number of allylic oxidation sites excluding steroid dienone is 3. The average molecular weight is 125 g/mol. The van der Waals surface area contributed by atoms with Gasteiger partial charge in [-0.25, -0.2) is 0 Å². The van der Waals surface area contributed by atoms with Crippen LogP contribution in [0.5, 0.6) is 0 Å². The molecule has 9 heavy (non-hydrogen) atoms. The van der Waals surface area contributed by atoms with Crippen LogP contribution in [0.1, 0.15) is 6.92 Å². The zero-order chi connectivity index (χ0) is 7.11. The van der Waals surface area contributed by atoms with Gasteiger partial charge in [0.05, 0.1) is 6.61 Å². The van der Waals surface area contributed by atoms with Crippen LogP contribution in [0, 0.1) is 5.41 Å². The summed E-state index contributed by atoms with van der Waals surface area (Å²) in [5.41, 5.74) is 0.809. The van der Waals surface area contributed by atoms with Gasteiger partial charge in [-0.2, -0.15) is 0 Å². The highest BCUT2D eigenvalue weighted by Crippen LogP contribution is 1.89. The third-order valence-electron chi connectivity index (χ3n) is 0.916. The second-order valence-corrected chi connectivity index (χ2v) is 1.52. The van der Waals surface area contributed by atoms with Gasteiger partial charge in [0, 0.05) is 6.21 Å². The molecular formula is C7H11NO. The first-order valence-electron chi connectivity index (χ1n) is 2.79. The van der Waals surface area contributed by atoms with Crippen LogP contribution in [0.15, 0.2) is 23.8 Å². The lowest BCUT2D eigenvalue weighted by molar-refractivity contribution is 0.342. The van der Waals surface area contributed by atoms with Crippen molar-refractivity contribution in [2.24, 2.45) is 0 Å². The molecule has 2 heteroatoms. The maximum atomic E-state index is 8.32. The van der Waals surface area contributed by atoms with Crippen molar-refractivity contribution in [2.45, 2.75) is 6.92 Å². The Balaban J connectivity index is 3.84. The normalized spacial score (nSPS) is 12.4. The van der Waals surface area contributed by atoms with Crippen LogP contribution < -0.4 is 0 Å². The van der Waals surface area contributed by atoms with Gasteiger partial charge in [-0.3, -0.25) is 0 Å². The molecule has 0 aromatic rings. The Hall–Kier alpha value is -0.890. The maximum Gasteiger partial charge on any atom is 0.0615 e. The second kappa shape index (κ2) is 5.25. The quantitative estimate of drug-likeness (QED) is 0.431. The van der Waals surface area contributed by atoms with Crippen LogP contribution in [0.2, 0.25) is 0 Å². The van der Waals surface area contributed by atoms with E-state index in [1.807, 2.05) is 6.92 Å². The molecule has 2 N–H and O–H groups in total. The van der Waals surface area contributed by atoms with E-state index in [1.165, 1.54) is 6.21 Å². The molecule has 0 heterocycles. The van der Waals surface area contributed by atoms with Gasteiger partial charge in [0.1, 0.15) is 0 Å². The summed E-state index contributed by atoms with van der Waals surface area (Å²) in [5, 5.41) is 15.1. The average Bonchev–Trinajstić information content (AvgIpc) is 1.91. The Morgan fingerprint density at radius 2 is 2.33 bits per heavy atom. The number of aliphatic hydroxyl groups is 1. The molecule has 0 aliphatic carbocycles. The minimum atomic E-state index is 0.0329. The van der Waals surface area contributed by atoms with Gasteiger partial charge in [-0.1, -0.05) is 18.2 Å². The molecule has 0 saturated carbocycles. The molecule has 0 amide bonds. The van der Waals surface area contributed by atoms with Gasteiger partial charge < -0.3 is 10.5 Å². The number of aliphatic hydroxyl groups excluding tert-OH is 1. The Morgan fingerprint density at radius 3 is 2.67 bits per heavy atom. The monoisotopic (exact) mass is 125 g/mol. The van der Waals surface area contributed by atoms with Crippen LogP contribution in [0.3, 0.4) is 0 Å². The summed E-state index contributed by atoms with van der Waals surface area (Å²) in [4.78, 5) is 0. The van der Waals surface area contributed by atoms with E-state index in [9.17, 15) is 0 Å². The molecule has 0 aromatic carbocycles. The highest BCUT2D eigenvalue weighted by Gasteiger charge is 1.78. The molecule has 0 rings (SSSR count). The van der Waals surface area contributed by atoms with Crippen molar-refractivity contribution >= 4 is 6.21 Å². The molecule has 50 valence electrons. The van der Waals surface area contributed by atoms with Crippen LogP contribution in [-0.4, -0.2) is 17.9 Å². The first kappa shape index (κ1) is 8.11. The zero-order valence-corrected chi connectivity index (χ0v) is 5.46. The van der Waals surface area contributed by atoms with Crippen LogP contribution in [0.25, 0.3) is 0 Å². The summed E-state index contributed by atoms with van der Waals surface area (Å²) < 4.78 is 0. The van der Waals surface area contributed by atoms with Gasteiger partial charge in [-0.05, 0) is 12.5 Å². The first-order chi connectivity index (χ1) is 4.35. The highest BCUT2D eigenvalue weighted by atomic mass is 16.2. The minimum Gasteiger partial charge on any atom is -0.392 e. The molecule has 0 spiro atoms. The van der Waals surface area contributed by atoms with Gasteiger partial charge in [0.25, 0.3) is 0 Å². The van der Waals surface area contributed by atoms with Crippen LogP contribution in [0.4, 0.5) is 0 Å². The molecule has 0 saturated heterocycles. The second-order valence-electron chi connectivity index (χ2n) is 1.52. The number of hydrogen-bond acceptors (Lipinski definition) is 2. The van der Waals surface area contributed by atoms with Crippen molar-refractivity contribution < 1.29 is 5.11 Å². The lowest BCUT2D eigenvalue weighted by Gasteiger charge is -1.85. The van der Waals surface area contributed by atoms with E-state index in [0.29, 0.717) is 0 Å². The summed E-state index contributed by atoms with van der Waals surface area (Å²) in [6.45, 7) is 1.88. The van der Waals surface area contributed by atoms with Crippen LogP contribution in [-0.2, 0) is 0 Å². The third kappa shape index (κ3) is 3.67. The molecule has 0 unspecified atom stereocenters. The third-order valence-corrected chi connectivity index (χ3v) is 0.916. The molecule has 0 aromatic heterocycles. The van der Waals surface area contributed by atoms with Crippen molar-refractivity contribution in [3.8, 4) is 0 Å². The van der Waals surface area contributed by atoms with Crippen molar-refractivity contribution in [1.82, 2.24) is 0 Å². The van der Waals surface area contributed by atoms with Gasteiger partial charge in [0.15, 0.2) is 0 Å². The number of hydrogen-bond donors (Lipinski definition) is 2.